The first-order valence-corrected chi connectivity index (χ1v) is 11.3. The van der Waals surface area contributed by atoms with E-state index >= 15 is 0 Å². The molecule has 190 valence electrons. The first-order valence-electron chi connectivity index (χ1n) is 11.3. The van der Waals surface area contributed by atoms with E-state index in [1.807, 2.05) is 0 Å². The van der Waals surface area contributed by atoms with Crippen molar-refractivity contribution in [3.63, 3.8) is 0 Å². The van der Waals surface area contributed by atoms with Gasteiger partial charge in [0, 0.05) is 18.8 Å². The van der Waals surface area contributed by atoms with Crippen molar-refractivity contribution in [2.45, 2.75) is 13.1 Å². The number of rotatable bonds is 9. The molecule has 0 bridgehead atoms. The van der Waals surface area contributed by atoms with Crippen molar-refractivity contribution in [3.05, 3.63) is 114 Å². The molecule has 0 aliphatic rings. The number of hydrogen-bond acceptors (Lipinski definition) is 7. The molecule has 0 saturated heterocycles. The molecule has 4 rings (SSSR count). The third kappa shape index (κ3) is 5.50. The zero-order valence-corrected chi connectivity index (χ0v) is 20.5. The molecule has 0 fully saturated rings. The van der Waals surface area contributed by atoms with Crippen molar-refractivity contribution in [3.8, 4) is 11.5 Å². The van der Waals surface area contributed by atoms with Gasteiger partial charge in [-0.1, -0.05) is 24.3 Å². The Morgan fingerprint density at radius 3 is 1.89 bits per heavy atom. The summed E-state index contributed by atoms with van der Waals surface area (Å²) in [6, 6.07) is 13.7. The van der Waals surface area contributed by atoms with Crippen molar-refractivity contribution >= 4 is 17.8 Å². The zero-order chi connectivity index (χ0) is 26.5. The van der Waals surface area contributed by atoms with Gasteiger partial charge in [0.25, 0.3) is 0 Å². The topological polar surface area (TPSA) is 123 Å². The monoisotopic (exact) mass is 503 g/mol. The molecule has 0 amide bonds. The lowest BCUT2D eigenvalue weighted by molar-refractivity contribution is -0.387. The minimum Gasteiger partial charge on any atom is -0.497 e. The standard InChI is InChI=1S/C26H25N5O6/c1-28-15-20(14-27-28)8-13-23-24(31(34)35)25(32)30(17-19-6-11-22(37-3)12-7-19)26(33)29(23)16-18-4-9-21(36-2)10-5-18/h4-15H,16-17H2,1-3H3/b13-8+. The van der Waals surface area contributed by atoms with Crippen molar-refractivity contribution in [1.82, 2.24) is 18.9 Å². The van der Waals surface area contributed by atoms with Gasteiger partial charge in [-0.25, -0.2) is 9.36 Å². The molecule has 0 N–H and O–H groups in total. The number of nitro groups is 1. The van der Waals surface area contributed by atoms with Crippen LogP contribution in [0.1, 0.15) is 22.4 Å². The molecule has 2 aromatic carbocycles. The second kappa shape index (κ2) is 10.8. The van der Waals surface area contributed by atoms with Crippen molar-refractivity contribution < 1.29 is 14.4 Å². The molecule has 11 nitrogen and oxygen atoms in total. The Kier molecular flexibility index (Phi) is 7.33. The number of aromatic nitrogens is 4. The van der Waals surface area contributed by atoms with Crippen LogP contribution in [0.25, 0.3) is 12.2 Å². The molecular formula is C26H25N5O6. The van der Waals surface area contributed by atoms with Crippen LogP contribution >= 0.6 is 0 Å². The highest BCUT2D eigenvalue weighted by Gasteiger charge is 2.26. The number of ether oxygens (including phenoxy) is 2. The third-order valence-corrected chi connectivity index (χ3v) is 5.78. The van der Waals surface area contributed by atoms with Crippen molar-refractivity contribution in [2.24, 2.45) is 7.05 Å². The highest BCUT2D eigenvalue weighted by molar-refractivity contribution is 5.71. The van der Waals surface area contributed by atoms with Gasteiger partial charge >= 0.3 is 16.9 Å². The number of hydrogen-bond donors (Lipinski definition) is 0. The number of nitrogens with zero attached hydrogens (tertiary/aromatic N) is 5. The quantitative estimate of drug-likeness (QED) is 0.254. The molecule has 0 radical (unpaired) electrons. The molecule has 0 aliphatic carbocycles. The van der Waals surface area contributed by atoms with E-state index in [0.29, 0.717) is 28.2 Å². The van der Waals surface area contributed by atoms with Crippen LogP contribution in [0.15, 0.2) is 70.5 Å². The largest absolute Gasteiger partial charge is 0.497 e. The van der Waals surface area contributed by atoms with Crippen molar-refractivity contribution in [1.29, 1.82) is 0 Å². The fourth-order valence-electron chi connectivity index (χ4n) is 3.86. The van der Waals surface area contributed by atoms with Gasteiger partial charge < -0.3 is 9.47 Å². The molecule has 37 heavy (non-hydrogen) atoms. The second-order valence-electron chi connectivity index (χ2n) is 8.23. The molecule has 4 aromatic rings. The molecule has 2 heterocycles. The van der Waals surface area contributed by atoms with Gasteiger partial charge in [0.1, 0.15) is 17.2 Å². The Morgan fingerprint density at radius 1 is 0.892 bits per heavy atom. The Bertz CT molecular complexity index is 1560. The average Bonchev–Trinajstić information content (AvgIpc) is 3.32. The second-order valence-corrected chi connectivity index (χ2v) is 8.23. The maximum atomic E-state index is 13.7. The number of benzene rings is 2. The van der Waals surface area contributed by atoms with Crippen LogP contribution < -0.4 is 20.7 Å². The lowest BCUT2D eigenvalue weighted by Gasteiger charge is -2.15. The van der Waals surface area contributed by atoms with Gasteiger partial charge in [-0.15, -0.1) is 0 Å². The van der Waals surface area contributed by atoms with Gasteiger partial charge in [-0.05, 0) is 47.5 Å². The predicted octanol–water partition coefficient (Wildman–Crippen LogP) is 2.94. The molecule has 0 saturated carbocycles. The van der Waals surface area contributed by atoms with Gasteiger partial charge in [0.15, 0.2) is 0 Å². The van der Waals surface area contributed by atoms with E-state index < -0.39 is 21.9 Å². The maximum Gasteiger partial charge on any atom is 0.357 e. The summed E-state index contributed by atoms with van der Waals surface area (Å²) in [5.41, 5.74) is -0.488. The summed E-state index contributed by atoms with van der Waals surface area (Å²) in [4.78, 5) is 38.3. The SMILES string of the molecule is COc1ccc(Cn2c(/C=C/c3cnn(C)c3)c([N+](=O)[O-])c(=O)n(Cc3ccc(OC)cc3)c2=O)cc1. The number of methoxy groups -OCH3 is 2. The van der Waals surface area contributed by atoms with Crippen LogP contribution in [0.2, 0.25) is 0 Å². The summed E-state index contributed by atoms with van der Waals surface area (Å²) in [5.74, 6) is 1.23. The van der Waals surface area contributed by atoms with E-state index in [0.717, 1.165) is 4.57 Å². The highest BCUT2D eigenvalue weighted by Crippen LogP contribution is 2.19. The van der Waals surface area contributed by atoms with E-state index in [1.165, 1.54) is 17.8 Å². The molecule has 0 atom stereocenters. The molecule has 11 heteroatoms. The van der Waals surface area contributed by atoms with Gasteiger partial charge in [-0.3, -0.25) is 24.2 Å². The summed E-state index contributed by atoms with van der Waals surface area (Å²) in [6.45, 7) is -0.142. The Hall–Kier alpha value is -4.93. The molecule has 0 unspecified atom stereocenters. The average molecular weight is 504 g/mol. The van der Waals surface area contributed by atoms with Gasteiger partial charge in [0.05, 0.1) is 38.4 Å². The van der Waals surface area contributed by atoms with Gasteiger partial charge in [0.2, 0.25) is 0 Å². The smallest absolute Gasteiger partial charge is 0.357 e. The summed E-state index contributed by atoms with van der Waals surface area (Å²) in [7, 11) is 4.80. The molecular weight excluding hydrogens is 478 g/mol. The van der Waals surface area contributed by atoms with Gasteiger partial charge in [-0.2, -0.15) is 5.10 Å². The Labute approximate surface area is 211 Å². The van der Waals surface area contributed by atoms with E-state index in [9.17, 15) is 19.7 Å². The first-order chi connectivity index (χ1) is 17.8. The van der Waals surface area contributed by atoms with Crippen LogP contribution in [-0.2, 0) is 20.1 Å². The molecule has 2 aromatic heterocycles. The van der Waals surface area contributed by atoms with E-state index in [1.54, 1.807) is 85.8 Å². The van der Waals surface area contributed by atoms with Crippen LogP contribution in [-0.4, -0.2) is 38.1 Å². The Morgan fingerprint density at radius 2 is 1.43 bits per heavy atom. The van der Waals surface area contributed by atoms with Crippen LogP contribution in [0.4, 0.5) is 5.69 Å². The summed E-state index contributed by atoms with van der Waals surface area (Å²) < 4.78 is 14.0. The lowest BCUT2D eigenvalue weighted by Crippen LogP contribution is -2.42. The van der Waals surface area contributed by atoms with E-state index in [2.05, 4.69) is 5.10 Å². The number of aryl methyl sites for hydroxylation is 1. The van der Waals surface area contributed by atoms with Crippen LogP contribution in [0, 0.1) is 10.1 Å². The van der Waals surface area contributed by atoms with Crippen LogP contribution in [0.3, 0.4) is 0 Å². The normalized spacial score (nSPS) is 11.1. The van der Waals surface area contributed by atoms with E-state index in [4.69, 9.17) is 9.47 Å². The fraction of sp³-hybridized carbons (Fsp3) is 0.192. The maximum absolute atomic E-state index is 13.7. The fourth-order valence-corrected chi connectivity index (χ4v) is 3.86. The highest BCUT2D eigenvalue weighted by atomic mass is 16.6. The summed E-state index contributed by atoms with van der Waals surface area (Å²) in [5, 5.41) is 16.2. The van der Waals surface area contributed by atoms with Crippen molar-refractivity contribution in [2.75, 3.05) is 14.2 Å². The molecule has 0 spiro atoms. The molecule has 0 aliphatic heterocycles. The van der Waals surface area contributed by atoms with Crippen LogP contribution in [0.5, 0.6) is 11.5 Å². The first kappa shape index (κ1) is 25.2. The third-order valence-electron chi connectivity index (χ3n) is 5.78. The zero-order valence-electron chi connectivity index (χ0n) is 20.5. The summed E-state index contributed by atoms with van der Waals surface area (Å²) >= 11 is 0. The minimum absolute atomic E-state index is 0.000721. The Balaban J connectivity index is 1.90. The minimum atomic E-state index is -0.984. The van der Waals surface area contributed by atoms with E-state index in [-0.39, 0.29) is 18.8 Å². The predicted molar refractivity (Wildman–Crippen MR) is 138 cm³/mol. The lowest BCUT2D eigenvalue weighted by atomic mass is 10.2. The summed E-state index contributed by atoms with van der Waals surface area (Å²) in [6.07, 6.45) is 6.25.